The Bertz CT molecular complexity index is 246. The summed E-state index contributed by atoms with van der Waals surface area (Å²) < 4.78 is 9.64. The van der Waals surface area contributed by atoms with Crippen LogP contribution in [-0.4, -0.2) is 42.8 Å². The van der Waals surface area contributed by atoms with Crippen LogP contribution in [0.2, 0.25) is 39.3 Å². The zero-order chi connectivity index (χ0) is 20.3. The van der Waals surface area contributed by atoms with E-state index < -0.39 is 37.3 Å². The van der Waals surface area contributed by atoms with Crippen LogP contribution in [0.4, 0.5) is 0 Å². The first-order chi connectivity index (χ1) is 12.1. The molecule has 0 radical (unpaired) electrons. The van der Waals surface area contributed by atoms with Gasteiger partial charge in [0.25, 0.3) is 0 Å². The van der Waals surface area contributed by atoms with Crippen LogP contribution in [0, 0.1) is 13.2 Å². The van der Waals surface area contributed by atoms with E-state index in [4.69, 9.17) is 26.5 Å². The molecule has 0 aromatic heterocycles. The molecule has 0 unspecified atom stereocenters. The summed E-state index contributed by atoms with van der Waals surface area (Å²) in [7, 11) is 7.55. The summed E-state index contributed by atoms with van der Waals surface area (Å²) in [6, 6.07) is 0. The molecule has 2 fully saturated rings. The molecule has 2 heterocycles. The summed E-state index contributed by atoms with van der Waals surface area (Å²) in [5.74, 6) is 0. The monoisotopic (exact) mass is 518 g/mol. The molecular weight excluding hydrogens is 483 g/mol. The van der Waals surface area contributed by atoms with Crippen LogP contribution in [0.15, 0.2) is 0 Å². The van der Waals surface area contributed by atoms with Gasteiger partial charge in [0.1, 0.15) is 0 Å². The van der Waals surface area contributed by atoms with Crippen molar-refractivity contribution in [1.82, 2.24) is 0 Å². The summed E-state index contributed by atoms with van der Waals surface area (Å²) in [6.45, 7) is 21.3. The van der Waals surface area contributed by atoms with Gasteiger partial charge in [0.2, 0.25) is 0 Å². The number of halogens is 2. The van der Waals surface area contributed by atoms with Crippen LogP contribution in [0.3, 0.4) is 0 Å². The van der Waals surface area contributed by atoms with Gasteiger partial charge in [0, 0.05) is 13.2 Å². The Kier molecular flexibility index (Phi) is 23.1. The molecule has 4 nitrogen and oxygen atoms in total. The molecule has 0 N–H and O–H groups in total. The van der Waals surface area contributed by atoms with E-state index in [9.17, 15) is 0 Å². The van der Waals surface area contributed by atoms with E-state index in [2.05, 4.69) is 49.2 Å². The Morgan fingerprint density at radius 3 is 1.31 bits per heavy atom. The fourth-order valence-corrected chi connectivity index (χ4v) is 3.39. The molecule has 158 valence electrons. The van der Waals surface area contributed by atoms with E-state index in [0.717, 1.165) is 45.6 Å². The molecule has 2 rings (SSSR count). The molecule has 0 amide bonds. The molecular formula is C17H38Cl2N2O2Si2Zr-4. The number of hydrogen-bond donors (Lipinski definition) is 0. The molecule has 0 aromatic rings. The summed E-state index contributed by atoms with van der Waals surface area (Å²) >= 11 is -0.826. The standard InChI is InChI=1S/C9H24N2Si2.2C4H7O.2ClH.Zr/c1-12(2,3)10-8-7-9-11-13(4,5)6;2*1-2-4-5-3-1;;;/h7-9H2,1-6H3;2*3H,1-2,4H2;2*1H;/q-2;2*-1;;;+2/p-2. The number of hydrogen-bond acceptors (Lipinski definition) is 2. The Morgan fingerprint density at radius 2 is 1.15 bits per heavy atom. The van der Waals surface area contributed by atoms with Crippen molar-refractivity contribution in [3.63, 3.8) is 0 Å². The van der Waals surface area contributed by atoms with E-state index in [-0.39, 0.29) is 0 Å². The molecule has 0 bridgehead atoms. The maximum atomic E-state index is 4.93. The first-order valence-electron chi connectivity index (χ1n) is 9.32. The van der Waals surface area contributed by atoms with Crippen molar-refractivity contribution in [1.29, 1.82) is 0 Å². The fraction of sp³-hybridized carbons (Fsp3) is 0.882. The summed E-state index contributed by atoms with van der Waals surface area (Å²) in [6.07, 6.45) is 5.90. The number of rotatable bonds is 6. The van der Waals surface area contributed by atoms with Crippen molar-refractivity contribution in [2.75, 3.05) is 26.3 Å². The van der Waals surface area contributed by atoms with E-state index in [1.165, 1.54) is 12.8 Å². The molecule has 9 heteroatoms. The Balaban J connectivity index is 0. The minimum atomic E-state index is -1.16. The molecule has 26 heavy (non-hydrogen) atoms. The first kappa shape index (κ1) is 29.9. The topological polar surface area (TPSA) is 46.7 Å². The van der Waals surface area contributed by atoms with E-state index in [0.29, 0.717) is 0 Å². The number of nitrogens with zero attached hydrogens (tertiary/aromatic N) is 2. The van der Waals surface area contributed by atoms with Crippen molar-refractivity contribution in [3.8, 4) is 0 Å². The van der Waals surface area contributed by atoms with Gasteiger partial charge in [-0.3, -0.25) is 0 Å². The second-order valence-corrected chi connectivity index (χ2v) is 20.9. The van der Waals surface area contributed by atoms with Gasteiger partial charge in [-0.2, -0.15) is 25.9 Å². The molecule has 2 aliphatic heterocycles. The third-order valence-corrected chi connectivity index (χ3v) is 5.24. The average molecular weight is 521 g/mol. The van der Waals surface area contributed by atoms with Crippen molar-refractivity contribution >= 4 is 33.5 Å². The summed E-state index contributed by atoms with van der Waals surface area (Å²) in [5.41, 5.74) is 0. The van der Waals surface area contributed by atoms with Crippen molar-refractivity contribution in [2.24, 2.45) is 0 Å². The normalized spacial score (nSPS) is 16.5. The average Bonchev–Trinajstić information content (AvgIpc) is 3.24. The van der Waals surface area contributed by atoms with Gasteiger partial charge in [-0.15, -0.1) is 0 Å². The second-order valence-electron chi connectivity index (χ2n) is 7.89. The summed E-state index contributed by atoms with van der Waals surface area (Å²) in [4.78, 5) is 9.34. The van der Waals surface area contributed by atoms with Crippen LogP contribution < -0.4 is 0 Å². The molecule has 0 atom stereocenters. The van der Waals surface area contributed by atoms with Crippen molar-refractivity contribution < 1.29 is 30.3 Å². The van der Waals surface area contributed by atoms with Crippen molar-refractivity contribution in [2.45, 2.75) is 71.4 Å². The van der Waals surface area contributed by atoms with Gasteiger partial charge >= 0.3 is 37.9 Å². The SMILES string of the molecule is C[Si](C)(C)[N-]CCC[N-][Si](C)(C)C.[CH-]1CCCO1.[CH-]1CCCO1.[Cl][Zr][Cl]. The van der Waals surface area contributed by atoms with E-state index >= 15 is 0 Å². The second kappa shape index (κ2) is 20.0. The van der Waals surface area contributed by atoms with Gasteiger partial charge in [0.15, 0.2) is 0 Å². The zero-order valence-electron chi connectivity index (χ0n) is 17.5. The zero-order valence-corrected chi connectivity index (χ0v) is 23.5. The van der Waals surface area contributed by atoms with Gasteiger partial charge < -0.3 is 19.4 Å². The van der Waals surface area contributed by atoms with Crippen LogP contribution in [0.1, 0.15) is 32.1 Å². The van der Waals surface area contributed by atoms with Crippen LogP contribution in [0.25, 0.3) is 9.96 Å². The van der Waals surface area contributed by atoms with E-state index in [1.807, 2.05) is 13.2 Å². The molecule has 2 aliphatic rings. The van der Waals surface area contributed by atoms with Crippen LogP contribution in [-0.2, 0) is 30.3 Å². The van der Waals surface area contributed by atoms with Gasteiger partial charge in [-0.05, 0) is 0 Å². The third-order valence-electron chi connectivity index (χ3n) is 2.89. The predicted molar refractivity (Wildman–Crippen MR) is 118 cm³/mol. The molecule has 0 aromatic carbocycles. The Labute approximate surface area is 183 Å². The number of ether oxygens (including phenoxy) is 2. The molecule has 0 saturated carbocycles. The quantitative estimate of drug-likeness (QED) is 0.213. The molecule has 0 aliphatic carbocycles. The first-order valence-corrected chi connectivity index (χ1v) is 22.5. The van der Waals surface area contributed by atoms with Crippen molar-refractivity contribution in [3.05, 3.63) is 23.2 Å². The maximum absolute atomic E-state index is 4.93. The van der Waals surface area contributed by atoms with Gasteiger partial charge in [0.05, 0.1) is 0 Å². The Morgan fingerprint density at radius 1 is 0.808 bits per heavy atom. The Hall–Kier alpha value is 1.74. The third kappa shape index (κ3) is 33.3. The molecule has 2 saturated heterocycles. The van der Waals surface area contributed by atoms with Crippen LogP contribution >= 0.6 is 17.0 Å². The van der Waals surface area contributed by atoms with Gasteiger partial charge in [-0.25, -0.2) is 13.2 Å². The van der Waals surface area contributed by atoms with Crippen LogP contribution in [0.5, 0.6) is 0 Å². The van der Waals surface area contributed by atoms with Gasteiger partial charge in [-0.1, -0.05) is 75.0 Å². The molecule has 0 spiro atoms. The fourth-order valence-electron chi connectivity index (χ4n) is 1.73. The predicted octanol–water partition coefficient (Wildman–Crippen LogP) is 7.09. The minimum absolute atomic E-state index is 0.826. The summed E-state index contributed by atoms with van der Waals surface area (Å²) in [5, 5.41) is 0. The van der Waals surface area contributed by atoms with E-state index in [1.54, 1.807) is 0 Å².